The lowest BCUT2D eigenvalue weighted by molar-refractivity contribution is 0.187. The summed E-state index contributed by atoms with van der Waals surface area (Å²) >= 11 is 1.43. The predicted molar refractivity (Wildman–Crippen MR) is 79.9 cm³/mol. The number of aromatic nitrogens is 1. The second-order valence-electron chi connectivity index (χ2n) is 4.31. The molecule has 0 aliphatic heterocycles. The molecule has 0 aliphatic rings. The molecule has 0 bridgehead atoms. The minimum absolute atomic E-state index is 0.509. The largest absolute Gasteiger partial charge is 0.453 e. The minimum Gasteiger partial charge on any atom is -0.453 e. The molecule has 0 radical (unpaired) electrons. The Hall–Kier alpha value is -1.88. The van der Waals surface area contributed by atoms with Crippen LogP contribution in [-0.2, 0) is 4.74 Å². The Labute approximate surface area is 116 Å². The van der Waals surface area contributed by atoms with Crippen molar-refractivity contribution >= 4 is 38.9 Å². The highest BCUT2D eigenvalue weighted by Crippen LogP contribution is 2.36. The third kappa shape index (κ3) is 2.21. The predicted octanol–water partition coefficient (Wildman–Crippen LogP) is 4.04. The van der Waals surface area contributed by atoms with Crippen LogP contribution in [-0.4, -0.2) is 18.2 Å². The number of benzene rings is 1. The smallest absolute Gasteiger partial charge is 0.413 e. The van der Waals surface area contributed by atoms with Gasteiger partial charge in [0.2, 0.25) is 0 Å². The maximum Gasteiger partial charge on any atom is 0.413 e. The highest BCUT2D eigenvalue weighted by Gasteiger charge is 2.15. The molecule has 0 spiro atoms. The normalized spacial score (nSPS) is 10.5. The maximum atomic E-state index is 11.2. The standard InChI is InChI=1S/C14H16N2O2S/c1-6-10-8(3)7(2)9(4)11-12(10)19-13(15-11)16-14(17)18-5/h6H,1H2,2-5H3,(H,15,16,17). The zero-order valence-corrected chi connectivity index (χ0v) is 12.3. The molecule has 0 aliphatic carbocycles. The van der Waals surface area contributed by atoms with Crippen molar-refractivity contribution in [3.8, 4) is 0 Å². The van der Waals surface area contributed by atoms with Crippen LogP contribution in [0.4, 0.5) is 9.93 Å². The first-order chi connectivity index (χ1) is 8.99. The van der Waals surface area contributed by atoms with Gasteiger partial charge < -0.3 is 4.74 Å². The van der Waals surface area contributed by atoms with Crippen LogP contribution >= 0.6 is 11.3 Å². The number of anilines is 1. The van der Waals surface area contributed by atoms with E-state index in [2.05, 4.69) is 35.5 Å². The number of hydrogen-bond acceptors (Lipinski definition) is 4. The molecule has 1 aromatic carbocycles. The van der Waals surface area contributed by atoms with Gasteiger partial charge >= 0.3 is 6.09 Å². The number of carbonyl (C=O) groups excluding carboxylic acids is 1. The molecule has 0 fully saturated rings. The molecule has 1 amide bonds. The monoisotopic (exact) mass is 276 g/mol. The second-order valence-corrected chi connectivity index (χ2v) is 5.31. The number of amides is 1. The molecule has 0 saturated carbocycles. The summed E-state index contributed by atoms with van der Waals surface area (Å²) < 4.78 is 5.62. The molecule has 1 N–H and O–H groups in total. The number of aryl methyl sites for hydroxylation is 1. The van der Waals surface area contributed by atoms with Gasteiger partial charge in [-0.25, -0.2) is 9.78 Å². The van der Waals surface area contributed by atoms with Crippen molar-refractivity contribution in [2.75, 3.05) is 12.4 Å². The quantitative estimate of drug-likeness (QED) is 0.900. The highest BCUT2D eigenvalue weighted by atomic mass is 32.1. The van der Waals surface area contributed by atoms with Gasteiger partial charge in [-0.05, 0) is 43.0 Å². The van der Waals surface area contributed by atoms with Crippen molar-refractivity contribution in [1.82, 2.24) is 4.98 Å². The van der Waals surface area contributed by atoms with Crippen LogP contribution in [0.1, 0.15) is 22.3 Å². The second kappa shape index (κ2) is 5.01. The van der Waals surface area contributed by atoms with Crippen molar-refractivity contribution < 1.29 is 9.53 Å². The van der Waals surface area contributed by atoms with Crippen LogP contribution in [0, 0.1) is 20.8 Å². The van der Waals surface area contributed by atoms with Gasteiger partial charge in [0.05, 0.1) is 17.3 Å². The molecule has 2 rings (SSSR count). The minimum atomic E-state index is -0.509. The summed E-state index contributed by atoms with van der Waals surface area (Å²) in [4.78, 5) is 15.7. The molecular formula is C14H16N2O2S. The molecule has 0 atom stereocenters. The summed E-state index contributed by atoms with van der Waals surface area (Å²) in [6.07, 6.45) is 1.33. The number of ether oxygens (including phenoxy) is 1. The van der Waals surface area contributed by atoms with E-state index < -0.39 is 6.09 Å². The lowest BCUT2D eigenvalue weighted by Crippen LogP contribution is -2.10. The highest BCUT2D eigenvalue weighted by molar-refractivity contribution is 7.22. The number of nitrogens with zero attached hydrogens (tertiary/aromatic N) is 1. The molecule has 4 nitrogen and oxygen atoms in total. The Morgan fingerprint density at radius 2 is 2.00 bits per heavy atom. The van der Waals surface area contributed by atoms with Crippen molar-refractivity contribution in [3.63, 3.8) is 0 Å². The third-order valence-electron chi connectivity index (χ3n) is 3.35. The Bertz CT molecular complexity index is 674. The Morgan fingerprint density at radius 1 is 1.32 bits per heavy atom. The van der Waals surface area contributed by atoms with Gasteiger partial charge in [-0.15, -0.1) is 0 Å². The summed E-state index contributed by atoms with van der Waals surface area (Å²) in [7, 11) is 1.33. The van der Waals surface area contributed by atoms with Crippen LogP contribution < -0.4 is 5.32 Å². The van der Waals surface area contributed by atoms with E-state index in [1.54, 1.807) is 0 Å². The summed E-state index contributed by atoms with van der Waals surface area (Å²) in [5.74, 6) is 0. The number of fused-ring (bicyclic) bond motifs is 1. The fourth-order valence-corrected chi connectivity index (χ4v) is 3.13. The average Bonchev–Trinajstić information content (AvgIpc) is 2.80. The van der Waals surface area contributed by atoms with Crippen LogP contribution in [0.25, 0.3) is 16.3 Å². The Morgan fingerprint density at radius 3 is 2.58 bits per heavy atom. The molecular weight excluding hydrogens is 260 g/mol. The number of nitrogens with one attached hydrogen (secondary N) is 1. The zero-order chi connectivity index (χ0) is 14.2. The van der Waals surface area contributed by atoms with Crippen molar-refractivity contribution in [2.24, 2.45) is 0 Å². The summed E-state index contributed by atoms with van der Waals surface area (Å²) in [5.41, 5.74) is 5.53. The number of methoxy groups -OCH3 is 1. The lowest BCUT2D eigenvalue weighted by atomic mass is 9.98. The maximum absolute atomic E-state index is 11.2. The van der Waals surface area contributed by atoms with E-state index in [9.17, 15) is 4.79 Å². The first kappa shape index (κ1) is 13.5. The van der Waals surface area contributed by atoms with E-state index >= 15 is 0 Å². The first-order valence-electron chi connectivity index (χ1n) is 5.87. The number of rotatable bonds is 2. The third-order valence-corrected chi connectivity index (χ3v) is 4.36. The van der Waals surface area contributed by atoms with Gasteiger partial charge in [0, 0.05) is 0 Å². The molecule has 100 valence electrons. The lowest BCUT2D eigenvalue weighted by Gasteiger charge is -2.09. The summed E-state index contributed by atoms with van der Waals surface area (Å²) in [6, 6.07) is 0. The van der Waals surface area contributed by atoms with Crippen LogP contribution in [0.2, 0.25) is 0 Å². The first-order valence-corrected chi connectivity index (χ1v) is 6.69. The topological polar surface area (TPSA) is 51.2 Å². The Kier molecular flexibility index (Phi) is 3.57. The number of carbonyl (C=O) groups is 1. The van der Waals surface area contributed by atoms with E-state index in [-0.39, 0.29) is 0 Å². The van der Waals surface area contributed by atoms with E-state index in [1.807, 2.05) is 13.0 Å². The van der Waals surface area contributed by atoms with E-state index in [0.29, 0.717) is 5.13 Å². The fourth-order valence-electron chi connectivity index (χ4n) is 2.03. The van der Waals surface area contributed by atoms with Crippen molar-refractivity contribution in [2.45, 2.75) is 20.8 Å². The van der Waals surface area contributed by atoms with Crippen molar-refractivity contribution in [3.05, 3.63) is 28.8 Å². The molecule has 5 heteroatoms. The molecule has 1 aromatic heterocycles. The SMILES string of the molecule is C=Cc1c(C)c(C)c(C)c2nc(NC(=O)OC)sc12. The van der Waals surface area contributed by atoms with Crippen LogP contribution in [0.3, 0.4) is 0 Å². The van der Waals surface area contributed by atoms with Crippen molar-refractivity contribution in [1.29, 1.82) is 0 Å². The molecule has 0 saturated heterocycles. The number of hydrogen-bond donors (Lipinski definition) is 1. The van der Waals surface area contributed by atoms with Gasteiger partial charge in [-0.3, -0.25) is 5.32 Å². The van der Waals surface area contributed by atoms with E-state index in [0.717, 1.165) is 21.3 Å². The fraction of sp³-hybridized carbons (Fsp3) is 0.286. The molecule has 0 unspecified atom stereocenters. The van der Waals surface area contributed by atoms with Crippen LogP contribution in [0.5, 0.6) is 0 Å². The van der Waals surface area contributed by atoms with E-state index in [1.165, 1.54) is 29.6 Å². The summed E-state index contributed by atoms with van der Waals surface area (Å²) in [6.45, 7) is 10.1. The van der Waals surface area contributed by atoms with Crippen LogP contribution in [0.15, 0.2) is 6.58 Å². The van der Waals surface area contributed by atoms with Gasteiger partial charge in [0.1, 0.15) is 0 Å². The molecule has 1 heterocycles. The van der Waals surface area contributed by atoms with Gasteiger partial charge in [-0.1, -0.05) is 24.0 Å². The van der Waals surface area contributed by atoms with Gasteiger partial charge in [0.15, 0.2) is 5.13 Å². The number of thiazole rings is 1. The zero-order valence-electron chi connectivity index (χ0n) is 11.5. The molecule has 19 heavy (non-hydrogen) atoms. The Balaban J connectivity index is 2.67. The van der Waals surface area contributed by atoms with Gasteiger partial charge in [-0.2, -0.15) is 0 Å². The average molecular weight is 276 g/mol. The van der Waals surface area contributed by atoms with E-state index in [4.69, 9.17) is 0 Å². The molecule has 2 aromatic rings. The summed E-state index contributed by atoms with van der Waals surface area (Å²) in [5, 5.41) is 3.15. The van der Waals surface area contributed by atoms with Gasteiger partial charge in [0.25, 0.3) is 0 Å².